The molecule has 1 unspecified atom stereocenters. The second-order valence-corrected chi connectivity index (χ2v) is 3.77. The van der Waals surface area contributed by atoms with Crippen LogP contribution in [0.4, 0.5) is 0 Å². The van der Waals surface area contributed by atoms with Gasteiger partial charge in [-0.3, -0.25) is 14.5 Å². The van der Waals surface area contributed by atoms with E-state index in [2.05, 4.69) is 0 Å². The highest BCUT2D eigenvalue weighted by Crippen LogP contribution is 2.10. The first-order valence-corrected chi connectivity index (χ1v) is 5.71. The predicted molar refractivity (Wildman–Crippen MR) is 60.4 cm³/mol. The third kappa shape index (κ3) is 5.70. The van der Waals surface area contributed by atoms with Crippen LogP contribution in [0, 0.1) is 0 Å². The fourth-order valence-electron chi connectivity index (χ4n) is 1.63. The van der Waals surface area contributed by atoms with Gasteiger partial charge in [-0.15, -0.1) is 0 Å². The van der Waals surface area contributed by atoms with E-state index in [9.17, 15) is 9.59 Å². The summed E-state index contributed by atoms with van der Waals surface area (Å²) in [4.78, 5) is 23.2. The molecule has 0 aliphatic carbocycles. The van der Waals surface area contributed by atoms with Crippen LogP contribution in [0.2, 0.25) is 0 Å². The molecule has 0 aromatic heterocycles. The van der Waals surface area contributed by atoms with Gasteiger partial charge >= 0.3 is 11.9 Å². The highest BCUT2D eigenvalue weighted by molar-refractivity contribution is 5.73. The number of rotatable bonds is 9. The summed E-state index contributed by atoms with van der Waals surface area (Å²) in [5, 5.41) is 17.7. The lowest BCUT2D eigenvalue weighted by Gasteiger charge is -2.26. The average molecular weight is 231 g/mol. The van der Waals surface area contributed by atoms with Crippen LogP contribution in [-0.4, -0.2) is 46.2 Å². The van der Waals surface area contributed by atoms with Gasteiger partial charge in [0.15, 0.2) is 0 Å². The SMILES string of the molecule is CCCCC(C(=O)O)N(CC)CCC(=O)O. The Kier molecular flexibility index (Phi) is 7.54. The lowest BCUT2D eigenvalue weighted by Crippen LogP contribution is -2.42. The van der Waals surface area contributed by atoms with Gasteiger partial charge in [0.1, 0.15) is 6.04 Å². The van der Waals surface area contributed by atoms with Crippen molar-refractivity contribution in [1.29, 1.82) is 0 Å². The molecular formula is C11H21NO4. The molecule has 0 aliphatic heterocycles. The second kappa shape index (κ2) is 8.10. The Bertz CT molecular complexity index is 230. The van der Waals surface area contributed by atoms with Crippen molar-refractivity contribution in [3.63, 3.8) is 0 Å². The van der Waals surface area contributed by atoms with Crippen LogP contribution in [0.5, 0.6) is 0 Å². The van der Waals surface area contributed by atoms with Gasteiger partial charge in [-0.2, -0.15) is 0 Å². The van der Waals surface area contributed by atoms with Crippen molar-refractivity contribution in [2.24, 2.45) is 0 Å². The summed E-state index contributed by atoms with van der Waals surface area (Å²) in [6.07, 6.45) is 2.36. The molecule has 5 heteroatoms. The van der Waals surface area contributed by atoms with E-state index in [0.717, 1.165) is 12.8 Å². The van der Waals surface area contributed by atoms with Crippen LogP contribution < -0.4 is 0 Å². The summed E-state index contributed by atoms with van der Waals surface area (Å²) >= 11 is 0. The Morgan fingerprint density at radius 2 is 1.88 bits per heavy atom. The summed E-state index contributed by atoms with van der Waals surface area (Å²) in [6.45, 7) is 4.72. The van der Waals surface area contributed by atoms with Gasteiger partial charge < -0.3 is 10.2 Å². The molecule has 0 aromatic rings. The Morgan fingerprint density at radius 1 is 1.25 bits per heavy atom. The third-order valence-electron chi connectivity index (χ3n) is 2.58. The third-order valence-corrected chi connectivity index (χ3v) is 2.58. The molecule has 16 heavy (non-hydrogen) atoms. The molecular weight excluding hydrogens is 210 g/mol. The number of nitrogens with zero attached hydrogens (tertiary/aromatic N) is 1. The number of carbonyl (C=O) groups is 2. The van der Waals surface area contributed by atoms with E-state index in [1.807, 2.05) is 13.8 Å². The zero-order chi connectivity index (χ0) is 12.6. The van der Waals surface area contributed by atoms with Crippen LogP contribution in [0.15, 0.2) is 0 Å². The number of hydrogen-bond donors (Lipinski definition) is 2. The van der Waals surface area contributed by atoms with Crippen LogP contribution in [0.3, 0.4) is 0 Å². The first-order chi connectivity index (χ1) is 7.52. The molecule has 0 heterocycles. The molecule has 0 aromatic carbocycles. The van der Waals surface area contributed by atoms with Gasteiger partial charge in [0.05, 0.1) is 6.42 Å². The lowest BCUT2D eigenvalue weighted by atomic mass is 10.1. The standard InChI is InChI=1S/C11H21NO4/c1-3-5-6-9(11(15)16)12(4-2)8-7-10(13)14/h9H,3-8H2,1-2H3,(H,13,14)(H,15,16). The minimum absolute atomic E-state index is 0.0102. The summed E-state index contributed by atoms with van der Waals surface area (Å²) in [6, 6.07) is -0.552. The Morgan fingerprint density at radius 3 is 2.25 bits per heavy atom. The molecule has 0 saturated carbocycles. The van der Waals surface area contributed by atoms with Crippen LogP contribution in [0.25, 0.3) is 0 Å². The molecule has 0 amide bonds. The van der Waals surface area contributed by atoms with Gasteiger partial charge in [0.25, 0.3) is 0 Å². The van der Waals surface area contributed by atoms with Gasteiger partial charge in [-0.25, -0.2) is 0 Å². The monoisotopic (exact) mass is 231 g/mol. The largest absolute Gasteiger partial charge is 0.481 e. The van der Waals surface area contributed by atoms with Crippen LogP contribution in [0.1, 0.15) is 39.5 Å². The van der Waals surface area contributed by atoms with Gasteiger partial charge in [-0.1, -0.05) is 26.7 Å². The molecule has 0 bridgehead atoms. The van der Waals surface area contributed by atoms with Gasteiger partial charge in [0, 0.05) is 6.54 Å². The van der Waals surface area contributed by atoms with E-state index in [4.69, 9.17) is 10.2 Å². The van der Waals surface area contributed by atoms with Crippen molar-refractivity contribution in [1.82, 2.24) is 4.90 Å². The maximum absolute atomic E-state index is 11.1. The number of hydrogen-bond acceptors (Lipinski definition) is 3. The molecule has 0 radical (unpaired) electrons. The fraction of sp³-hybridized carbons (Fsp3) is 0.818. The number of likely N-dealkylation sites (N-methyl/N-ethyl adjacent to an activating group) is 1. The van der Waals surface area contributed by atoms with Crippen molar-refractivity contribution in [3.05, 3.63) is 0 Å². The van der Waals surface area contributed by atoms with E-state index < -0.39 is 18.0 Å². The minimum Gasteiger partial charge on any atom is -0.481 e. The number of aliphatic carboxylic acids is 2. The first kappa shape index (κ1) is 14.9. The van der Waals surface area contributed by atoms with E-state index in [1.165, 1.54) is 0 Å². The van der Waals surface area contributed by atoms with Gasteiger partial charge in [-0.05, 0) is 13.0 Å². The van der Waals surface area contributed by atoms with E-state index in [-0.39, 0.29) is 6.42 Å². The molecule has 0 fully saturated rings. The topological polar surface area (TPSA) is 77.8 Å². The second-order valence-electron chi connectivity index (χ2n) is 3.77. The van der Waals surface area contributed by atoms with E-state index in [0.29, 0.717) is 19.5 Å². The van der Waals surface area contributed by atoms with E-state index >= 15 is 0 Å². The quantitative estimate of drug-likeness (QED) is 0.627. The fourth-order valence-corrected chi connectivity index (χ4v) is 1.63. The highest BCUT2D eigenvalue weighted by Gasteiger charge is 2.23. The molecule has 94 valence electrons. The van der Waals surface area contributed by atoms with Crippen molar-refractivity contribution >= 4 is 11.9 Å². The zero-order valence-electron chi connectivity index (χ0n) is 9.98. The maximum Gasteiger partial charge on any atom is 0.320 e. The molecule has 1 atom stereocenters. The molecule has 5 nitrogen and oxygen atoms in total. The summed E-state index contributed by atoms with van der Waals surface area (Å²) in [5.74, 6) is -1.75. The summed E-state index contributed by atoms with van der Waals surface area (Å²) < 4.78 is 0. The van der Waals surface area contributed by atoms with Crippen molar-refractivity contribution in [2.75, 3.05) is 13.1 Å². The average Bonchev–Trinajstić information content (AvgIpc) is 2.22. The lowest BCUT2D eigenvalue weighted by molar-refractivity contribution is -0.145. The van der Waals surface area contributed by atoms with Crippen molar-refractivity contribution in [2.45, 2.75) is 45.6 Å². The molecule has 0 spiro atoms. The van der Waals surface area contributed by atoms with Crippen molar-refractivity contribution < 1.29 is 19.8 Å². The number of unbranched alkanes of at least 4 members (excludes halogenated alkanes) is 1. The maximum atomic E-state index is 11.1. The van der Waals surface area contributed by atoms with Crippen LogP contribution >= 0.6 is 0 Å². The predicted octanol–water partition coefficient (Wildman–Crippen LogP) is 1.43. The molecule has 0 saturated heterocycles. The number of carboxylic acids is 2. The molecule has 2 N–H and O–H groups in total. The zero-order valence-corrected chi connectivity index (χ0v) is 9.98. The van der Waals surface area contributed by atoms with E-state index in [1.54, 1.807) is 4.90 Å². The smallest absolute Gasteiger partial charge is 0.320 e. The highest BCUT2D eigenvalue weighted by atomic mass is 16.4. The normalized spacial score (nSPS) is 12.7. The summed E-state index contributed by atoms with van der Waals surface area (Å²) in [5.41, 5.74) is 0. The molecule has 0 rings (SSSR count). The minimum atomic E-state index is -0.891. The van der Waals surface area contributed by atoms with Gasteiger partial charge in [0.2, 0.25) is 0 Å². The number of carboxylic acid groups (broad SMARTS) is 2. The Labute approximate surface area is 96.1 Å². The Hall–Kier alpha value is -1.10. The summed E-state index contributed by atoms with van der Waals surface area (Å²) in [7, 11) is 0. The Balaban J connectivity index is 4.32. The van der Waals surface area contributed by atoms with Crippen LogP contribution in [-0.2, 0) is 9.59 Å². The first-order valence-electron chi connectivity index (χ1n) is 5.71. The van der Waals surface area contributed by atoms with Crippen molar-refractivity contribution in [3.8, 4) is 0 Å². The molecule has 0 aliphatic rings.